The van der Waals surface area contributed by atoms with Gasteiger partial charge in [0, 0.05) is 6.61 Å². The number of ether oxygens (including phenoxy) is 2. The third kappa shape index (κ3) is 3.98. The molecule has 1 heterocycles. The number of amides is 1. The van der Waals surface area contributed by atoms with Gasteiger partial charge in [-0.2, -0.15) is 0 Å². The van der Waals surface area contributed by atoms with E-state index < -0.39 is 6.04 Å². The van der Waals surface area contributed by atoms with E-state index in [1.54, 1.807) is 0 Å². The number of nitrogens with one attached hydrogen (secondary N) is 1. The summed E-state index contributed by atoms with van der Waals surface area (Å²) < 4.78 is 10.1. The molecule has 1 aliphatic rings. The topological polar surface area (TPSA) is 64.6 Å². The van der Waals surface area contributed by atoms with Crippen molar-refractivity contribution in [3.8, 4) is 0 Å². The predicted molar refractivity (Wildman–Crippen MR) is 66.9 cm³/mol. The summed E-state index contributed by atoms with van der Waals surface area (Å²) in [5.41, 5.74) is 0. The summed E-state index contributed by atoms with van der Waals surface area (Å²) in [5, 5.41) is 2.78. The minimum absolute atomic E-state index is 0.0812. The van der Waals surface area contributed by atoms with Crippen molar-refractivity contribution in [1.82, 2.24) is 5.32 Å². The molecule has 1 N–H and O–H groups in total. The highest BCUT2D eigenvalue weighted by atomic mass is 16.5. The van der Waals surface area contributed by atoms with Crippen LogP contribution in [0.2, 0.25) is 0 Å². The Morgan fingerprint density at radius 2 is 2.11 bits per heavy atom. The van der Waals surface area contributed by atoms with Gasteiger partial charge in [-0.05, 0) is 25.7 Å². The molecule has 0 bridgehead atoms. The fraction of sp³-hybridized carbons (Fsp3) is 0.846. The maximum absolute atomic E-state index is 12.1. The second kappa shape index (κ2) is 6.73. The number of hydrogen-bond donors (Lipinski definition) is 1. The number of hydrogen-bond acceptors (Lipinski definition) is 4. The van der Waals surface area contributed by atoms with E-state index >= 15 is 0 Å². The maximum Gasteiger partial charge on any atom is 0.328 e. The smallest absolute Gasteiger partial charge is 0.328 e. The lowest BCUT2D eigenvalue weighted by Gasteiger charge is -2.21. The molecule has 5 heteroatoms. The van der Waals surface area contributed by atoms with Crippen LogP contribution in [0.1, 0.15) is 33.6 Å². The fourth-order valence-corrected chi connectivity index (χ4v) is 2.18. The van der Waals surface area contributed by atoms with Gasteiger partial charge in [-0.1, -0.05) is 13.8 Å². The van der Waals surface area contributed by atoms with E-state index in [1.165, 1.54) is 7.11 Å². The molecule has 104 valence electrons. The van der Waals surface area contributed by atoms with E-state index in [4.69, 9.17) is 9.47 Å². The van der Waals surface area contributed by atoms with Gasteiger partial charge in [0.15, 0.2) is 0 Å². The zero-order valence-electron chi connectivity index (χ0n) is 11.6. The average Bonchev–Trinajstić information content (AvgIpc) is 2.73. The zero-order chi connectivity index (χ0) is 13.7. The molecule has 1 saturated heterocycles. The van der Waals surface area contributed by atoms with Crippen LogP contribution >= 0.6 is 0 Å². The minimum Gasteiger partial charge on any atom is -0.467 e. The van der Waals surface area contributed by atoms with Crippen LogP contribution < -0.4 is 5.32 Å². The molecule has 5 nitrogen and oxygen atoms in total. The Kier molecular flexibility index (Phi) is 5.59. The highest BCUT2D eigenvalue weighted by Gasteiger charge is 2.33. The van der Waals surface area contributed by atoms with Crippen molar-refractivity contribution in [2.24, 2.45) is 11.8 Å². The van der Waals surface area contributed by atoms with E-state index in [1.807, 2.05) is 20.8 Å². The first kappa shape index (κ1) is 15.0. The molecule has 0 radical (unpaired) electrons. The molecule has 18 heavy (non-hydrogen) atoms. The van der Waals surface area contributed by atoms with Crippen molar-refractivity contribution in [2.45, 2.75) is 45.8 Å². The summed E-state index contributed by atoms with van der Waals surface area (Å²) in [4.78, 5) is 23.7. The summed E-state index contributed by atoms with van der Waals surface area (Å²) in [6.07, 6.45) is 1.21. The van der Waals surface area contributed by atoms with Gasteiger partial charge in [0.25, 0.3) is 0 Å². The third-order valence-electron chi connectivity index (χ3n) is 3.22. The lowest BCUT2D eigenvalue weighted by atomic mass is 9.99. The largest absolute Gasteiger partial charge is 0.467 e. The van der Waals surface area contributed by atoms with Crippen molar-refractivity contribution >= 4 is 11.9 Å². The first-order valence-corrected chi connectivity index (χ1v) is 6.45. The Morgan fingerprint density at radius 1 is 1.44 bits per heavy atom. The first-order valence-electron chi connectivity index (χ1n) is 6.45. The van der Waals surface area contributed by atoms with Gasteiger partial charge in [0.2, 0.25) is 5.91 Å². The van der Waals surface area contributed by atoms with E-state index in [0.717, 1.165) is 0 Å². The van der Waals surface area contributed by atoms with E-state index in [9.17, 15) is 9.59 Å². The summed E-state index contributed by atoms with van der Waals surface area (Å²) in [6, 6.07) is -0.560. The molecule has 1 rings (SSSR count). The Morgan fingerprint density at radius 3 is 2.56 bits per heavy atom. The summed E-state index contributed by atoms with van der Waals surface area (Å²) in [7, 11) is 1.34. The third-order valence-corrected chi connectivity index (χ3v) is 3.22. The van der Waals surface area contributed by atoms with Gasteiger partial charge in [-0.3, -0.25) is 4.79 Å². The van der Waals surface area contributed by atoms with Crippen molar-refractivity contribution in [3.63, 3.8) is 0 Å². The normalized spacial score (nSPS) is 24.9. The highest BCUT2D eigenvalue weighted by molar-refractivity contribution is 5.86. The molecule has 0 spiro atoms. The molecule has 1 aliphatic heterocycles. The Balaban J connectivity index is 2.59. The fourth-order valence-electron chi connectivity index (χ4n) is 2.18. The Bertz CT molecular complexity index is 303. The Labute approximate surface area is 108 Å². The van der Waals surface area contributed by atoms with Gasteiger partial charge < -0.3 is 14.8 Å². The van der Waals surface area contributed by atoms with Crippen molar-refractivity contribution in [2.75, 3.05) is 13.7 Å². The first-order chi connectivity index (χ1) is 8.45. The van der Waals surface area contributed by atoms with Crippen molar-refractivity contribution in [1.29, 1.82) is 0 Å². The zero-order valence-corrected chi connectivity index (χ0v) is 11.6. The van der Waals surface area contributed by atoms with Crippen LogP contribution in [0.3, 0.4) is 0 Å². The number of rotatable bonds is 5. The molecule has 0 aromatic carbocycles. The molecular formula is C13H23NO4. The second-order valence-electron chi connectivity index (χ2n) is 5.18. The van der Waals surface area contributed by atoms with Crippen LogP contribution in [0, 0.1) is 11.8 Å². The second-order valence-corrected chi connectivity index (χ2v) is 5.18. The molecule has 0 aromatic rings. The van der Waals surface area contributed by atoms with E-state index in [-0.39, 0.29) is 23.9 Å². The van der Waals surface area contributed by atoms with Crippen molar-refractivity contribution < 1.29 is 19.1 Å². The van der Waals surface area contributed by atoms with Gasteiger partial charge in [0.1, 0.15) is 6.04 Å². The number of carbonyl (C=O) groups is 2. The van der Waals surface area contributed by atoms with E-state index in [0.29, 0.717) is 25.4 Å². The number of methoxy groups -OCH3 is 1. The SMILES string of the molecule is COC(=O)C(CC(C)C)NC(=O)C1CCOC1C. The van der Waals surface area contributed by atoms with Crippen LogP contribution in [-0.4, -0.2) is 37.7 Å². The quantitative estimate of drug-likeness (QED) is 0.749. The van der Waals surface area contributed by atoms with Gasteiger partial charge in [-0.15, -0.1) is 0 Å². The van der Waals surface area contributed by atoms with Gasteiger partial charge >= 0.3 is 5.97 Å². The van der Waals surface area contributed by atoms with Crippen LogP contribution in [0.15, 0.2) is 0 Å². The minimum atomic E-state index is -0.560. The average molecular weight is 257 g/mol. The molecule has 0 aromatic heterocycles. The highest BCUT2D eigenvalue weighted by Crippen LogP contribution is 2.21. The van der Waals surface area contributed by atoms with E-state index in [2.05, 4.69) is 5.32 Å². The lowest BCUT2D eigenvalue weighted by molar-refractivity contribution is -0.146. The summed E-state index contributed by atoms with van der Waals surface area (Å²) in [6.45, 7) is 6.49. The molecule has 3 unspecified atom stereocenters. The number of carbonyl (C=O) groups excluding carboxylic acids is 2. The van der Waals surface area contributed by atoms with Crippen LogP contribution in [0.4, 0.5) is 0 Å². The summed E-state index contributed by atoms with van der Waals surface area (Å²) >= 11 is 0. The predicted octanol–water partition coefficient (Wildman–Crippen LogP) is 1.12. The van der Waals surface area contributed by atoms with Gasteiger partial charge in [-0.25, -0.2) is 4.79 Å². The van der Waals surface area contributed by atoms with Crippen molar-refractivity contribution in [3.05, 3.63) is 0 Å². The molecule has 1 fully saturated rings. The maximum atomic E-state index is 12.1. The monoisotopic (exact) mass is 257 g/mol. The van der Waals surface area contributed by atoms with Crippen LogP contribution in [0.5, 0.6) is 0 Å². The van der Waals surface area contributed by atoms with Crippen LogP contribution in [-0.2, 0) is 19.1 Å². The summed E-state index contributed by atoms with van der Waals surface area (Å²) in [5.74, 6) is -0.351. The molecule has 1 amide bonds. The van der Waals surface area contributed by atoms with Crippen LogP contribution in [0.25, 0.3) is 0 Å². The number of esters is 1. The molecule has 0 saturated carbocycles. The molecule has 3 atom stereocenters. The van der Waals surface area contributed by atoms with Gasteiger partial charge in [0.05, 0.1) is 19.1 Å². The lowest BCUT2D eigenvalue weighted by Crippen LogP contribution is -2.46. The molecular weight excluding hydrogens is 234 g/mol. The standard InChI is InChI=1S/C13H23NO4/c1-8(2)7-11(13(16)17-4)14-12(15)10-5-6-18-9(10)3/h8-11H,5-7H2,1-4H3,(H,14,15). The Hall–Kier alpha value is -1.10. The molecule has 0 aliphatic carbocycles.